The van der Waals surface area contributed by atoms with Gasteiger partial charge >= 0.3 is 0 Å². The molecule has 0 amide bonds. The number of fused-ring (bicyclic) bond motifs is 1. The normalized spacial score (nSPS) is 26.6. The smallest absolute Gasteiger partial charge is 0.0472 e. The molecule has 0 spiro atoms. The highest BCUT2D eigenvalue weighted by Gasteiger charge is 2.21. The molecule has 2 N–H and O–H groups in total. The molecular formula is C24H25N. The second-order valence-corrected chi connectivity index (χ2v) is 7.09. The summed E-state index contributed by atoms with van der Waals surface area (Å²) in [6.45, 7) is 4.34. The number of hydrogen-bond acceptors (Lipinski definition) is 1. The van der Waals surface area contributed by atoms with Crippen LogP contribution in [0.2, 0.25) is 0 Å². The van der Waals surface area contributed by atoms with E-state index in [4.69, 9.17) is 5.73 Å². The van der Waals surface area contributed by atoms with Crippen LogP contribution in [0.15, 0.2) is 71.4 Å². The van der Waals surface area contributed by atoms with Crippen molar-refractivity contribution in [2.75, 3.05) is 5.73 Å². The largest absolute Gasteiger partial charge is 0.398 e. The lowest BCUT2D eigenvalue weighted by atomic mass is 9.92. The third-order valence-corrected chi connectivity index (χ3v) is 5.33. The third kappa shape index (κ3) is 3.07. The van der Waals surface area contributed by atoms with E-state index in [1.165, 1.54) is 44.6 Å². The summed E-state index contributed by atoms with van der Waals surface area (Å²) in [6.07, 6.45) is 20.0. The van der Waals surface area contributed by atoms with Gasteiger partial charge in [0.2, 0.25) is 0 Å². The molecule has 1 aromatic rings. The van der Waals surface area contributed by atoms with Crippen LogP contribution >= 0.6 is 0 Å². The van der Waals surface area contributed by atoms with Crippen LogP contribution in [0.25, 0.3) is 11.1 Å². The van der Waals surface area contributed by atoms with E-state index in [9.17, 15) is 0 Å². The third-order valence-electron chi connectivity index (χ3n) is 5.33. The monoisotopic (exact) mass is 327 g/mol. The molecule has 4 rings (SSSR count). The van der Waals surface area contributed by atoms with Gasteiger partial charge in [0.25, 0.3) is 0 Å². The summed E-state index contributed by atoms with van der Waals surface area (Å²) in [6, 6.07) is 4.47. The minimum absolute atomic E-state index is 0.956. The van der Waals surface area contributed by atoms with E-state index in [1.54, 1.807) is 0 Å². The molecule has 3 aliphatic carbocycles. The SMILES string of the molecule is CC/C=C1/C=C/C(=C\C=C2C=C\2C)C/C=C2/CCc3ccc1c(N)c32. The second kappa shape index (κ2) is 6.40. The lowest BCUT2D eigenvalue weighted by Crippen LogP contribution is -2.00. The van der Waals surface area contributed by atoms with Gasteiger partial charge in [0.05, 0.1) is 0 Å². The molecule has 0 atom stereocenters. The van der Waals surface area contributed by atoms with Gasteiger partial charge in [-0.1, -0.05) is 61.6 Å². The first-order chi connectivity index (χ1) is 12.2. The van der Waals surface area contributed by atoms with Crippen LogP contribution in [0.1, 0.15) is 49.8 Å². The summed E-state index contributed by atoms with van der Waals surface area (Å²) in [4.78, 5) is 0. The highest BCUT2D eigenvalue weighted by molar-refractivity contribution is 5.91. The van der Waals surface area contributed by atoms with Crippen LogP contribution in [-0.4, -0.2) is 0 Å². The van der Waals surface area contributed by atoms with Crippen molar-refractivity contribution in [3.8, 4) is 0 Å². The molecule has 126 valence electrons. The average Bonchev–Trinajstić information content (AvgIpc) is 3.14. The van der Waals surface area contributed by atoms with Gasteiger partial charge < -0.3 is 5.73 Å². The minimum Gasteiger partial charge on any atom is -0.398 e. The van der Waals surface area contributed by atoms with Crippen molar-refractivity contribution in [1.29, 1.82) is 0 Å². The zero-order valence-electron chi connectivity index (χ0n) is 15.1. The van der Waals surface area contributed by atoms with Crippen molar-refractivity contribution < 1.29 is 0 Å². The summed E-state index contributed by atoms with van der Waals surface area (Å²) in [5, 5.41) is 0. The first kappa shape index (κ1) is 16.0. The summed E-state index contributed by atoms with van der Waals surface area (Å²) in [7, 11) is 0. The number of benzene rings is 1. The van der Waals surface area contributed by atoms with Gasteiger partial charge in [0.1, 0.15) is 0 Å². The molecule has 0 radical (unpaired) electrons. The van der Waals surface area contributed by atoms with E-state index in [1.807, 2.05) is 0 Å². The van der Waals surface area contributed by atoms with Gasteiger partial charge in [0.15, 0.2) is 0 Å². The molecular weight excluding hydrogens is 302 g/mol. The Labute approximate surface area is 150 Å². The van der Waals surface area contributed by atoms with E-state index in [2.05, 4.69) is 68.5 Å². The van der Waals surface area contributed by atoms with Crippen LogP contribution in [0.3, 0.4) is 0 Å². The Morgan fingerprint density at radius 1 is 1.08 bits per heavy atom. The number of anilines is 1. The molecule has 2 bridgehead atoms. The maximum Gasteiger partial charge on any atom is 0.0472 e. The lowest BCUT2D eigenvalue weighted by Gasteiger charge is -2.15. The predicted octanol–water partition coefficient (Wildman–Crippen LogP) is 6.16. The summed E-state index contributed by atoms with van der Waals surface area (Å²) in [5.41, 5.74) is 18.2. The second-order valence-electron chi connectivity index (χ2n) is 7.09. The average molecular weight is 327 g/mol. The standard InChI is InChI=1S/C24H25N/c1-3-4-18-8-5-17(7-10-21-15-16(21)2)6-9-19-11-12-20-13-14-22(18)24(25)23(19)20/h4-5,7-10,13-15H,3,6,11-12,25H2,1-2H3/b8-5+,17-7+,18-4-,19-9-,21-10-. The van der Waals surface area contributed by atoms with Gasteiger partial charge in [-0.2, -0.15) is 0 Å². The summed E-state index contributed by atoms with van der Waals surface area (Å²) in [5.74, 6) is 0. The molecule has 0 aliphatic heterocycles. The number of allylic oxidation sites excluding steroid dienone is 12. The predicted molar refractivity (Wildman–Crippen MR) is 109 cm³/mol. The minimum atomic E-state index is 0.956. The number of nitrogen functional groups attached to an aromatic ring is 1. The van der Waals surface area contributed by atoms with E-state index in [0.29, 0.717) is 0 Å². The Balaban J connectivity index is 1.81. The van der Waals surface area contributed by atoms with Crippen molar-refractivity contribution in [2.45, 2.75) is 39.5 Å². The highest BCUT2D eigenvalue weighted by Crippen LogP contribution is 2.41. The first-order valence-electron chi connectivity index (χ1n) is 9.26. The number of aryl methyl sites for hydroxylation is 1. The van der Waals surface area contributed by atoms with Crippen LogP contribution in [-0.2, 0) is 6.42 Å². The molecule has 25 heavy (non-hydrogen) atoms. The highest BCUT2D eigenvalue weighted by atomic mass is 14.6. The topological polar surface area (TPSA) is 26.0 Å². The van der Waals surface area contributed by atoms with Crippen LogP contribution < -0.4 is 5.73 Å². The number of nitrogens with two attached hydrogens (primary N) is 1. The van der Waals surface area contributed by atoms with E-state index in [0.717, 1.165) is 31.4 Å². The van der Waals surface area contributed by atoms with E-state index < -0.39 is 0 Å². The molecule has 0 heterocycles. The zero-order valence-corrected chi connectivity index (χ0v) is 15.1. The fourth-order valence-electron chi connectivity index (χ4n) is 3.79. The molecule has 0 saturated carbocycles. The fraction of sp³-hybridized carbons (Fsp3) is 0.250. The van der Waals surface area contributed by atoms with Gasteiger partial charge in [-0.05, 0) is 66.0 Å². The Bertz CT molecular complexity index is 914. The Hall–Kier alpha value is -2.54. The molecule has 1 aromatic carbocycles. The fourth-order valence-corrected chi connectivity index (χ4v) is 3.79. The van der Waals surface area contributed by atoms with Crippen molar-refractivity contribution >= 4 is 16.8 Å². The number of rotatable bonds is 2. The van der Waals surface area contributed by atoms with Crippen LogP contribution in [0, 0.1) is 0 Å². The molecule has 1 heteroatoms. The van der Waals surface area contributed by atoms with Crippen molar-refractivity contribution in [3.63, 3.8) is 0 Å². The summed E-state index contributed by atoms with van der Waals surface area (Å²) >= 11 is 0. The molecule has 0 unspecified atom stereocenters. The Morgan fingerprint density at radius 2 is 1.92 bits per heavy atom. The van der Waals surface area contributed by atoms with E-state index in [-0.39, 0.29) is 0 Å². The van der Waals surface area contributed by atoms with Crippen molar-refractivity contribution in [1.82, 2.24) is 0 Å². The Morgan fingerprint density at radius 3 is 2.68 bits per heavy atom. The number of hydrogen-bond donors (Lipinski definition) is 1. The van der Waals surface area contributed by atoms with Crippen LogP contribution in [0.4, 0.5) is 5.69 Å². The summed E-state index contributed by atoms with van der Waals surface area (Å²) < 4.78 is 0. The zero-order chi connectivity index (χ0) is 17.4. The molecule has 0 saturated heterocycles. The van der Waals surface area contributed by atoms with Gasteiger partial charge in [0, 0.05) is 16.8 Å². The van der Waals surface area contributed by atoms with E-state index >= 15 is 0 Å². The Kier molecular flexibility index (Phi) is 4.09. The lowest BCUT2D eigenvalue weighted by molar-refractivity contribution is 1.08. The van der Waals surface area contributed by atoms with Crippen molar-refractivity contribution in [2.24, 2.45) is 0 Å². The molecule has 0 aromatic heterocycles. The maximum atomic E-state index is 6.60. The quantitative estimate of drug-likeness (QED) is 0.646. The maximum absolute atomic E-state index is 6.60. The van der Waals surface area contributed by atoms with Gasteiger partial charge in [-0.3, -0.25) is 0 Å². The molecule has 0 fully saturated rings. The molecule has 3 aliphatic rings. The van der Waals surface area contributed by atoms with Gasteiger partial charge in [-0.15, -0.1) is 0 Å². The molecule has 1 nitrogen and oxygen atoms in total. The van der Waals surface area contributed by atoms with Gasteiger partial charge in [-0.25, -0.2) is 0 Å². The van der Waals surface area contributed by atoms with Crippen molar-refractivity contribution in [3.05, 3.63) is 88.1 Å². The van der Waals surface area contributed by atoms with Crippen LogP contribution in [0.5, 0.6) is 0 Å². The first-order valence-corrected chi connectivity index (χ1v) is 9.26.